The Morgan fingerprint density at radius 3 is 2.90 bits per heavy atom. The van der Waals surface area contributed by atoms with Crippen LogP contribution in [0.25, 0.3) is 16.9 Å². The maximum absolute atomic E-state index is 9.02. The predicted octanol–water partition coefficient (Wildman–Crippen LogP) is 2.51. The molecule has 5 heteroatoms. The fourth-order valence-corrected chi connectivity index (χ4v) is 2.36. The van der Waals surface area contributed by atoms with Gasteiger partial charge in [0.05, 0.1) is 23.5 Å². The molecule has 5 nitrogen and oxygen atoms in total. The Balaban J connectivity index is 2.25. The van der Waals surface area contributed by atoms with Gasteiger partial charge in [-0.2, -0.15) is 5.26 Å². The van der Waals surface area contributed by atoms with E-state index in [-0.39, 0.29) is 12.5 Å². The van der Waals surface area contributed by atoms with Crippen molar-refractivity contribution in [2.24, 2.45) is 5.73 Å². The quantitative estimate of drug-likeness (QED) is 0.797. The summed E-state index contributed by atoms with van der Waals surface area (Å²) in [5.41, 5.74) is 8.74. The van der Waals surface area contributed by atoms with Crippen LogP contribution in [0.15, 0.2) is 42.6 Å². The third-order valence-electron chi connectivity index (χ3n) is 3.39. The lowest BCUT2D eigenvalue weighted by molar-refractivity contribution is 0.808. The molecule has 0 saturated heterocycles. The van der Waals surface area contributed by atoms with Gasteiger partial charge in [-0.1, -0.05) is 12.1 Å². The van der Waals surface area contributed by atoms with Crippen molar-refractivity contribution in [2.45, 2.75) is 19.4 Å². The van der Waals surface area contributed by atoms with E-state index >= 15 is 0 Å². The van der Waals surface area contributed by atoms with Crippen LogP contribution in [-0.4, -0.2) is 14.5 Å². The van der Waals surface area contributed by atoms with Crippen molar-refractivity contribution in [2.75, 3.05) is 0 Å². The molecule has 0 unspecified atom stereocenters. The van der Waals surface area contributed by atoms with E-state index < -0.39 is 0 Å². The Kier molecular flexibility index (Phi) is 3.38. The van der Waals surface area contributed by atoms with Gasteiger partial charge >= 0.3 is 0 Å². The number of aromatic nitrogens is 3. The second kappa shape index (κ2) is 5.35. The molecule has 0 aliphatic heterocycles. The van der Waals surface area contributed by atoms with Gasteiger partial charge in [-0.25, -0.2) is 9.97 Å². The lowest BCUT2D eigenvalue weighted by Crippen LogP contribution is -2.08. The monoisotopic (exact) mass is 277 g/mol. The van der Waals surface area contributed by atoms with Crippen LogP contribution in [0.4, 0.5) is 0 Å². The lowest BCUT2D eigenvalue weighted by Gasteiger charge is -2.10. The SMILES string of the molecule is C[C@@H](N)c1ccnc(-n2c(CC#N)nc3ccccc32)c1. The van der Waals surface area contributed by atoms with Gasteiger partial charge in [-0.05, 0) is 36.8 Å². The highest BCUT2D eigenvalue weighted by molar-refractivity contribution is 5.78. The molecule has 0 fully saturated rings. The average Bonchev–Trinajstić information content (AvgIpc) is 2.85. The van der Waals surface area contributed by atoms with E-state index in [0.29, 0.717) is 5.82 Å². The van der Waals surface area contributed by atoms with Gasteiger partial charge in [-0.3, -0.25) is 4.57 Å². The molecular weight excluding hydrogens is 262 g/mol. The number of fused-ring (bicyclic) bond motifs is 1. The highest BCUT2D eigenvalue weighted by Crippen LogP contribution is 2.22. The number of imidazole rings is 1. The summed E-state index contributed by atoms with van der Waals surface area (Å²) in [4.78, 5) is 8.94. The third kappa shape index (κ3) is 2.37. The molecule has 0 aliphatic carbocycles. The van der Waals surface area contributed by atoms with Crippen molar-refractivity contribution in [1.82, 2.24) is 14.5 Å². The van der Waals surface area contributed by atoms with Gasteiger partial charge in [0.2, 0.25) is 0 Å². The Morgan fingerprint density at radius 2 is 2.14 bits per heavy atom. The van der Waals surface area contributed by atoms with Gasteiger partial charge in [0.15, 0.2) is 0 Å². The summed E-state index contributed by atoms with van der Waals surface area (Å²) in [5.74, 6) is 1.43. The molecule has 0 bridgehead atoms. The molecule has 2 heterocycles. The molecule has 3 aromatic rings. The van der Waals surface area contributed by atoms with Crippen LogP contribution in [-0.2, 0) is 6.42 Å². The largest absolute Gasteiger partial charge is 0.324 e. The van der Waals surface area contributed by atoms with Crippen LogP contribution >= 0.6 is 0 Å². The minimum Gasteiger partial charge on any atom is -0.324 e. The highest BCUT2D eigenvalue weighted by atomic mass is 15.1. The summed E-state index contributed by atoms with van der Waals surface area (Å²) < 4.78 is 1.92. The van der Waals surface area contributed by atoms with Gasteiger partial charge in [-0.15, -0.1) is 0 Å². The molecule has 1 aromatic carbocycles. The van der Waals surface area contributed by atoms with Crippen LogP contribution in [0.3, 0.4) is 0 Å². The number of nitriles is 1. The standard InChI is InChI=1S/C16H15N5/c1-11(18)12-7-9-19-16(10-12)21-14-5-3-2-4-13(14)20-15(21)6-8-17/h2-5,7,9-11H,6,18H2,1H3/t11-/m1/s1. The van der Waals surface area contributed by atoms with Gasteiger partial charge in [0.25, 0.3) is 0 Å². The van der Waals surface area contributed by atoms with Crippen LogP contribution in [0.1, 0.15) is 24.4 Å². The second-order valence-electron chi connectivity index (χ2n) is 4.92. The van der Waals surface area contributed by atoms with Crippen molar-refractivity contribution >= 4 is 11.0 Å². The van der Waals surface area contributed by atoms with Gasteiger partial charge in [0, 0.05) is 12.2 Å². The summed E-state index contributed by atoms with van der Waals surface area (Å²) in [7, 11) is 0. The number of para-hydroxylation sites is 2. The summed E-state index contributed by atoms with van der Waals surface area (Å²) in [6.07, 6.45) is 1.97. The first-order chi connectivity index (χ1) is 10.2. The van der Waals surface area contributed by atoms with Crippen molar-refractivity contribution in [3.8, 4) is 11.9 Å². The maximum Gasteiger partial charge on any atom is 0.138 e. The molecule has 0 amide bonds. The van der Waals surface area contributed by atoms with Crippen molar-refractivity contribution < 1.29 is 0 Å². The zero-order valence-corrected chi connectivity index (χ0v) is 11.7. The normalized spacial score (nSPS) is 12.2. The molecule has 3 rings (SSSR count). The first-order valence-electron chi connectivity index (χ1n) is 6.76. The average molecular weight is 277 g/mol. The van der Waals surface area contributed by atoms with E-state index in [1.165, 1.54) is 0 Å². The first-order valence-corrected chi connectivity index (χ1v) is 6.76. The molecule has 21 heavy (non-hydrogen) atoms. The van der Waals surface area contributed by atoms with Gasteiger partial charge in [0.1, 0.15) is 11.6 Å². The van der Waals surface area contributed by atoms with Crippen molar-refractivity contribution in [1.29, 1.82) is 5.26 Å². The Hall–Kier alpha value is -2.71. The minimum atomic E-state index is -0.0686. The zero-order chi connectivity index (χ0) is 14.8. The summed E-state index contributed by atoms with van der Waals surface area (Å²) in [6.45, 7) is 1.93. The fourth-order valence-electron chi connectivity index (χ4n) is 2.36. The van der Waals surface area contributed by atoms with Crippen LogP contribution < -0.4 is 5.73 Å². The summed E-state index contributed by atoms with van der Waals surface area (Å²) in [5, 5.41) is 9.02. The summed E-state index contributed by atoms with van der Waals surface area (Å²) in [6, 6.07) is 13.7. The molecule has 0 spiro atoms. The number of nitrogens with two attached hydrogens (primary N) is 1. The van der Waals surface area contributed by atoms with E-state index in [1.807, 2.05) is 47.9 Å². The molecule has 104 valence electrons. The van der Waals surface area contributed by atoms with Crippen LogP contribution in [0.2, 0.25) is 0 Å². The van der Waals surface area contributed by atoms with E-state index in [4.69, 9.17) is 11.0 Å². The molecule has 0 aliphatic rings. The predicted molar refractivity (Wildman–Crippen MR) is 80.8 cm³/mol. The first kappa shape index (κ1) is 13.3. The highest BCUT2D eigenvalue weighted by Gasteiger charge is 2.13. The Bertz CT molecular complexity index is 826. The number of rotatable bonds is 3. The third-order valence-corrected chi connectivity index (χ3v) is 3.39. The Labute approximate surface area is 122 Å². The molecule has 1 atom stereocenters. The molecule has 2 N–H and O–H groups in total. The smallest absolute Gasteiger partial charge is 0.138 e. The topological polar surface area (TPSA) is 80.5 Å². The second-order valence-corrected chi connectivity index (χ2v) is 4.92. The number of pyridine rings is 1. The number of hydrogen-bond donors (Lipinski definition) is 1. The van der Waals surface area contributed by atoms with Crippen LogP contribution in [0, 0.1) is 11.3 Å². The van der Waals surface area contributed by atoms with Crippen molar-refractivity contribution in [3.63, 3.8) is 0 Å². The van der Waals surface area contributed by atoms with Gasteiger partial charge < -0.3 is 5.73 Å². The van der Waals surface area contributed by atoms with E-state index in [9.17, 15) is 0 Å². The number of hydrogen-bond acceptors (Lipinski definition) is 4. The van der Waals surface area contributed by atoms with E-state index in [2.05, 4.69) is 16.0 Å². The molecular formula is C16H15N5. The lowest BCUT2D eigenvalue weighted by atomic mass is 10.1. The fraction of sp³-hybridized carbons (Fsp3) is 0.188. The molecule has 0 saturated carbocycles. The minimum absolute atomic E-state index is 0.0686. The number of benzene rings is 1. The molecule has 0 radical (unpaired) electrons. The molecule has 2 aromatic heterocycles. The van der Waals surface area contributed by atoms with Crippen molar-refractivity contribution in [3.05, 3.63) is 54.0 Å². The zero-order valence-electron chi connectivity index (χ0n) is 11.7. The van der Waals surface area contributed by atoms with E-state index in [0.717, 1.165) is 22.4 Å². The number of nitrogens with zero attached hydrogens (tertiary/aromatic N) is 4. The maximum atomic E-state index is 9.02. The van der Waals surface area contributed by atoms with E-state index in [1.54, 1.807) is 6.20 Å². The summed E-state index contributed by atoms with van der Waals surface area (Å²) >= 11 is 0. The van der Waals surface area contributed by atoms with Crippen LogP contribution in [0.5, 0.6) is 0 Å². The Morgan fingerprint density at radius 1 is 1.33 bits per heavy atom.